The third-order valence-electron chi connectivity index (χ3n) is 3.01. The van der Waals surface area contributed by atoms with Crippen molar-refractivity contribution in [2.45, 2.75) is 26.4 Å². The van der Waals surface area contributed by atoms with Gasteiger partial charge >= 0.3 is 0 Å². The Balaban J connectivity index is 2.04. The van der Waals surface area contributed by atoms with Gasteiger partial charge in [0, 0.05) is 23.3 Å². The van der Waals surface area contributed by atoms with E-state index >= 15 is 0 Å². The molecule has 0 amide bonds. The number of rotatable bonds is 7. The molecule has 0 aliphatic heterocycles. The van der Waals surface area contributed by atoms with Gasteiger partial charge in [-0.3, -0.25) is 0 Å². The summed E-state index contributed by atoms with van der Waals surface area (Å²) in [4.78, 5) is 4.39. The van der Waals surface area contributed by atoms with Crippen LogP contribution in [-0.4, -0.2) is 23.2 Å². The number of nitrogens with one attached hydrogen (secondary N) is 1. The largest absolute Gasteiger partial charge is 0.496 e. The van der Waals surface area contributed by atoms with E-state index in [1.807, 2.05) is 35.3 Å². The van der Waals surface area contributed by atoms with Crippen LogP contribution in [-0.2, 0) is 13.1 Å². The number of benzene rings is 1. The van der Waals surface area contributed by atoms with Crippen LogP contribution in [0.1, 0.15) is 24.6 Å². The summed E-state index contributed by atoms with van der Waals surface area (Å²) in [5, 5.41) is 4.05. The van der Waals surface area contributed by atoms with E-state index in [9.17, 15) is 0 Å². The molecule has 4 nitrogen and oxygen atoms in total. The molecule has 0 atom stereocenters. The fraction of sp³-hybridized carbons (Fsp3) is 0.400. The van der Waals surface area contributed by atoms with Crippen molar-refractivity contribution in [3.8, 4) is 5.75 Å². The molecule has 0 unspecified atom stereocenters. The Morgan fingerprint density at radius 1 is 1.40 bits per heavy atom. The maximum atomic E-state index is 6.04. The molecule has 1 N–H and O–H groups in total. The molecular formula is C15H20ClN3O. The number of nitrogens with zero attached hydrogens (tertiary/aromatic N) is 2. The van der Waals surface area contributed by atoms with Crippen molar-refractivity contribution >= 4 is 11.6 Å². The first-order valence-electron chi connectivity index (χ1n) is 6.76. The van der Waals surface area contributed by atoms with Gasteiger partial charge in [0.05, 0.1) is 25.7 Å². The Hall–Kier alpha value is -1.52. The summed E-state index contributed by atoms with van der Waals surface area (Å²) >= 11 is 6.04. The zero-order valence-electron chi connectivity index (χ0n) is 11.9. The second-order valence-electron chi connectivity index (χ2n) is 4.67. The summed E-state index contributed by atoms with van der Waals surface area (Å²) in [5.74, 6) is 0.841. The Kier molecular flexibility index (Phi) is 5.44. The first-order chi connectivity index (χ1) is 9.72. The van der Waals surface area contributed by atoms with E-state index in [-0.39, 0.29) is 0 Å². The van der Waals surface area contributed by atoms with E-state index in [4.69, 9.17) is 16.3 Å². The molecule has 0 radical (unpaired) electrons. The molecule has 0 saturated carbocycles. The topological polar surface area (TPSA) is 39.1 Å². The molecule has 108 valence electrons. The predicted molar refractivity (Wildman–Crippen MR) is 81.3 cm³/mol. The van der Waals surface area contributed by atoms with Crippen LogP contribution in [0.2, 0.25) is 5.02 Å². The summed E-state index contributed by atoms with van der Waals surface area (Å²) in [7, 11) is 1.67. The molecule has 1 heterocycles. The van der Waals surface area contributed by atoms with Crippen LogP contribution in [0.4, 0.5) is 0 Å². The van der Waals surface area contributed by atoms with Crippen molar-refractivity contribution in [3.63, 3.8) is 0 Å². The predicted octanol–water partition coefficient (Wildman–Crippen LogP) is 3.09. The average Bonchev–Trinajstić information content (AvgIpc) is 2.87. The Morgan fingerprint density at radius 3 is 3.00 bits per heavy atom. The van der Waals surface area contributed by atoms with Crippen LogP contribution >= 0.6 is 11.6 Å². The summed E-state index contributed by atoms with van der Waals surface area (Å²) in [6, 6.07) is 5.64. The van der Waals surface area contributed by atoms with Gasteiger partial charge in [-0.2, -0.15) is 0 Å². The smallest absolute Gasteiger partial charge is 0.123 e. The van der Waals surface area contributed by atoms with Crippen LogP contribution in [0.15, 0.2) is 30.7 Å². The third-order valence-corrected chi connectivity index (χ3v) is 3.25. The lowest BCUT2D eigenvalue weighted by Crippen LogP contribution is -2.13. The zero-order valence-corrected chi connectivity index (χ0v) is 12.7. The molecule has 1 aromatic carbocycles. The Bertz CT molecular complexity index is 554. The molecule has 2 rings (SSSR count). The normalized spacial score (nSPS) is 10.8. The van der Waals surface area contributed by atoms with Crippen molar-refractivity contribution in [3.05, 3.63) is 47.0 Å². The minimum Gasteiger partial charge on any atom is -0.496 e. The second kappa shape index (κ2) is 7.31. The van der Waals surface area contributed by atoms with Gasteiger partial charge in [-0.15, -0.1) is 0 Å². The number of aromatic nitrogens is 2. The van der Waals surface area contributed by atoms with Crippen molar-refractivity contribution in [1.29, 1.82) is 0 Å². The number of hydrogen-bond donors (Lipinski definition) is 1. The Labute approximate surface area is 124 Å². The molecule has 0 aliphatic rings. The van der Waals surface area contributed by atoms with Gasteiger partial charge in [0.1, 0.15) is 5.75 Å². The SMILES string of the molecule is CCCNCc1cn(Cc2cc(Cl)ccc2OC)cn1. The maximum Gasteiger partial charge on any atom is 0.123 e. The quantitative estimate of drug-likeness (QED) is 0.797. The standard InChI is InChI=1S/C15H20ClN3O/c1-3-6-17-8-14-10-19(11-18-14)9-12-7-13(16)4-5-15(12)20-2/h4-5,7,10-11,17H,3,6,8-9H2,1-2H3. The first kappa shape index (κ1) is 14.9. The van der Waals surface area contributed by atoms with Crippen LogP contribution < -0.4 is 10.1 Å². The molecule has 20 heavy (non-hydrogen) atoms. The lowest BCUT2D eigenvalue weighted by Gasteiger charge is -2.09. The monoisotopic (exact) mass is 293 g/mol. The highest BCUT2D eigenvalue weighted by Crippen LogP contribution is 2.23. The molecular weight excluding hydrogens is 274 g/mol. The van der Waals surface area contributed by atoms with E-state index in [0.29, 0.717) is 11.6 Å². The fourth-order valence-corrected chi connectivity index (χ4v) is 2.24. The number of hydrogen-bond acceptors (Lipinski definition) is 3. The minimum absolute atomic E-state index is 0.699. The fourth-order valence-electron chi connectivity index (χ4n) is 2.04. The van der Waals surface area contributed by atoms with Crippen molar-refractivity contribution in [2.24, 2.45) is 0 Å². The molecule has 0 spiro atoms. The lowest BCUT2D eigenvalue weighted by atomic mass is 10.2. The molecule has 5 heteroatoms. The van der Waals surface area contributed by atoms with E-state index in [2.05, 4.69) is 17.2 Å². The highest BCUT2D eigenvalue weighted by atomic mass is 35.5. The molecule has 2 aromatic rings. The van der Waals surface area contributed by atoms with Gasteiger partial charge in [-0.25, -0.2) is 4.98 Å². The molecule has 0 bridgehead atoms. The summed E-state index contributed by atoms with van der Waals surface area (Å²) in [5.41, 5.74) is 2.09. The number of ether oxygens (including phenoxy) is 1. The van der Waals surface area contributed by atoms with E-state index in [0.717, 1.165) is 36.5 Å². The Morgan fingerprint density at radius 2 is 2.25 bits per heavy atom. The highest BCUT2D eigenvalue weighted by Gasteiger charge is 2.06. The van der Waals surface area contributed by atoms with Gasteiger partial charge in [-0.1, -0.05) is 18.5 Å². The van der Waals surface area contributed by atoms with Crippen molar-refractivity contribution in [1.82, 2.24) is 14.9 Å². The van der Waals surface area contributed by atoms with Gasteiger partial charge in [0.25, 0.3) is 0 Å². The number of imidazole rings is 1. The second-order valence-corrected chi connectivity index (χ2v) is 5.11. The number of methoxy groups -OCH3 is 1. The third kappa shape index (κ3) is 3.99. The summed E-state index contributed by atoms with van der Waals surface area (Å²) in [6.07, 6.45) is 5.01. The van der Waals surface area contributed by atoms with Gasteiger partial charge < -0.3 is 14.6 Å². The maximum absolute atomic E-state index is 6.04. The van der Waals surface area contributed by atoms with E-state index in [1.54, 1.807) is 7.11 Å². The molecule has 0 aliphatic carbocycles. The van der Waals surface area contributed by atoms with Crippen molar-refractivity contribution in [2.75, 3.05) is 13.7 Å². The van der Waals surface area contributed by atoms with Gasteiger partial charge in [0.2, 0.25) is 0 Å². The van der Waals surface area contributed by atoms with Crippen LogP contribution in [0.5, 0.6) is 5.75 Å². The van der Waals surface area contributed by atoms with Gasteiger partial charge in [-0.05, 0) is 31.2 Å². The van der Waals surface area contributed by atoms with Crippen molar-refractivity contribution < 1.29 is 4.74 Å². The van der Waals surface area contributed by atoms with E-state index in [1.165, 1.54) is 0 Å². The van der Waals surface area contributed by atoms with Gasteiger partial charge in [0.15, 0.2) is 0 Å². The minimum atomic E-state index is 0.699. The van der Waals surface area contributed by atoms with Crippen LogP contribution in [0.25, 0.3) is 0 Å². The lowest BCUT2D eigenvalue weighted by molar-refractivity contribution is 0.408. The molecule has 0 fully saturated rings. The van der Waals surface area contributed by atoms with E-state index < -0.39 is 0 Å². The van der Waals surface area contributed by atoms with Crippen LogP contribution in [0, 0.1) is 0 Å². The summed E-state index contributed by atoms with van der Waals surface area (Å²) < 4.78 is 7.39. The zero-order chi connectivity index (χ0) is 14.4. The first-order valence-corrected chi connectivity index (χ1v) is 7.14. The van der Waals surface area contributed by atoms with Crippen LogP contribution in [0.3, 0.4) is 0 Å². The number of halogens is 1. The molecule has 0 saturated heterocycles. The molecule has 1 aromatic heterocycles. The summed E-state index contributed by atoms with van der Waals surface area (Å²) in [6.45, 7) is 4.66. The highest BCUT2D eigenvalue weighted by molar-refractivity contribution is 6.30. The average molecular weight is 294 g/mol.